The molecule has 2 aliphatic rings. The van der Waals surface area contributed by atoms with Crippen LogP contribution in [0, 0.1) is 5.95 Å². The molecule has 0 aliphatic carbocycles. The molecule has 0 unspecified atom stereocenters. The van der Waals surface area contributed by atoms with Gasteiger partial charge in [0.05, 0.1) is 43.0 Å². The second kappa shape index (κ2) is 5.87. The zero-order valence-corrected chi connectivity index (χ0v) is 13.2. The number of carbonyl (C=O) groups excluding carboxylic acids is 2. The number of aldehydes is 1. The van der Waals surface area contributed by atoms with Crippen molar-refractivity contribution in [3.8, 4) is 11.1 Å². The van der Waals surface area contributed by atoms with Gasteiger partial charge < -0.3 is 14.6 Å². The summed E-state index contributed by atoms with van der Waals surface area (Å²) in [5.41, 5.74) is 1.30. The Balaban J connectivity index is 1.92. The maximum atomic E-state index is 14.9. The van der Waals surface area contributed by atoms with Crippen LogP contribution in [0.15, 0.2) is 24.4 Å². The lowest BCUT2D eigenvalue weighted by atomic mass is 10.0. The first-order valence-corrected chi connectivity index (χ1v) is 7.86. The van der Waals surface area contributed by atoms with E-state index < -0.39 is 12.1 Å². The highest BCUT2D eigenvalue weighted by molar-refractivity contribution is 6.04. The molecule has 25 heavy (non-hydrogen) atoms. The summed E-state index contributed by atoms with van der Waals surface area (Å²) in [6.45, 7) is 0.0600. The topological polar surface area (TPSA) is 66.4 Å². The molecule has 0 bridgehead atoms. The molecule has 2 aliphatic heterocycles. The van der Waals surface area contributed by atoms with Crippen LogP contribution < -0.4 is 9.80 Å². The number of aromatic nitrogens is 2. The smallest absolute Gasteiger partial charge is 0.233 e. The van der Waals surface area contributed by atoms with Crippen LogP contribution in [-0.2, 0) is 16.0 Å². The van der Waals surface area contributed by atoms with Gasteiger partial charge in [-0.1, -0.05) is 6.07 Å². The molecule has 1 amide bonds. The molecular weight excluding hydrogens is 330 g/mol. The van der Waals surface area contributed by atoms with Gasteiger partial charge in [0.15, 0.2) is 0 Å². The highest BCUT2D eigenvalue weighted by Crippen LogP contribution is 2.39. The van der Waals surface area contributed by atoms with Crippen LogP contribution >= 0.6 is 0 Å². The van der Waals surface area contributed by atoms with Crippen molar-refractivity contribution < 1.29 is 18.4 Å². The lowest BCUT2D eigenvalue weighted by Crippen LogP contribution is -2.49. The standard InChI is InChI=1S/C17H14F2N4O2/c18-10-8-22(9-10)14-7-13-16(17(19)21-14)11-2-1-3-20-12(11)6-15(25)23(13)4-5-24/h1-3,5,7,10H,4,6,8-9H2. The quantitative estimate of drug-likeness (QED) is 0.624. The van der Waals surface area contributed by atoms with E-state index in [1.807, 2.05) is 0 Å². The number of pyridine rings is 2. The van der Waals surface area contributed by atoms with Crippen LogP contribution in [-0.4, -0.2) is 48.0 Å². The van der Waals surface area contributed by atoms with Gasteiger partial charge in [0, 0.05) is 17.8 Å². The largest absolute Gasteiger partial charge is 0.350 e. The van der Waals surface area contributed by atoms with E-state index >= 15 is 0 Å². The Morgan fingerprint density at radius 1 is 1.36 bits per heavy atom. The van der Waals surface area contributed by atoms with Crippen molar-refractivity contribution >= 4 is 23.7 Å². The number of rotatable bonds is 3. The summed E-state index contributed by atoms with van der Waals surface area (Å²) in [4.78, 5) is 34.5. The van der Waals surface area contributed by atoms with Gasteiger partial charge in [0.1, 0.15) is 18.3 Å². The van der Waals surface area contributed by atoms with Crippen LogP contribution in [0.3, 0.4) is 0 Å². The summed E-state index contributed by atoms with van der Waals surface area (Å²) in [6.07, 6.45) is 1.11. The Hall–Kier alpha value is -2.90. The first kappa shape index (κ1) is 15.6. The van der Waals surface area contributed by atoms with Gasteiger partial charge in [0.2, 0.25) is 11.9 Å². The van der Waals surface area contributed by atoms with Crippen molar-refractivity contribution in [2.24, 2.45) is 0 Å². The first-order valence-electron chi connectivity index (χ1n) is 7.86. The van der Waals surface area contributed by atoms with E-state index in [0.717, 1.165) is 0 Å². The predicted octanol–water partition coefficient (Wildman–Crippen LogP) is 1.53. The number of carbonyl (C=O) groups is 2. The molecule has 4 rings (SSSR count). The number of hydrogen-bond donors (Lipinski definition) is 0. The zero-order chi connectivity index (χ0) is 17.6. The van der Waals surface area contributed by atoms with Crippen molar-refractivity contribution in [1.29, 1.82) is 0 Å². The van der Waals surface area contributed by atoms with Crippen molar-refractivity contribution in [3.05, 3.63) is 36.0 Å². The minimum atomic E-state index is -0.971. The van der Waals surface area contributed by atoms with E-state index in [1.165, 1.54) is 17.2 Å². The summed E-state index contributed by atoms with van der Waals surface area (Å²) < 4.78 is 28.0. The number of anilines is 2. The minimum absolute atomic E-state index is 0.0380. The summed E-state index contributed by atoms with van der Waals surface area (Å²) >= 11 is 0. The van der Waals surface area contributed by atoms with Crippen LogP contribution in [0.5, 0.6) is 0 Å². The molecule has 2 aromatic heterocycles. The third-order valence-electron chi connectivity index (χ3n) is 4.43. The number of hydrogen-bond acceptors (Lipinski definition) is 5. The van der Waals surface area contributed by atoms with Crippen LogP contribution in [0.25, 0.3) is 11.1 Å². The molecule has 1 fully saturated rings. The first-order chi connectivity index (χ1) is 12.1. The summed E-state index contributed by atoms with van der Waals surface area (Å²) in [7, 11) is 0. The molecule has 0 aromatic carbocycles. The van der Waals surface area contributed by atoms with Gasteiger partial charge in [-0.15, -0.1) is 0 Å². The molecule has 8 heteroatoms. The molecule has 0 N–H and O–H groups in total. The second-order valence-corrected chi connectivity index (χ2v) is 6.01. The summed E-state index contributed by atoms with van der Waals surface area (Å²) in [5, 5.41) is 0. The van der Waals surface area contributed by atoms with E-state index in [-0.39, 0.29) is 49.0 Å². The molecule has 128 valence electrons. The average molecular weight is 344 g/mol. The lowest BCUT2D eigenvalue weighted by molar-refractivity contribution is -0.119. The lowest BCUT2D eigenvalue weighted by Gasteiger charge is -2.36. The Morgan fingerprint density at radius 3 is 2.88 bits per heavy atom. The van der Waals surface area contributed by atoms with Crippen LogP contribution in [0.2, 0.25) is 0 Å². The Kier molecular flexibility index (Phi) is 3.67. The van der Waals surface area contributed by atoms with Gasteiger partial charge in [-0.05, 0) is 6.07 Å². The molecule has 4 heterocycles. The molecule has 0 spiro atoms. The van der Waals surface area contributed by atoms with E-state index in [1.54, 1.807) is 17.0 Å². The number of halogens is 2. The highest BCUT2D eigenvalue weighted by atomic mass is 19.1. The molecule has 0 saturated carbocycles. The van der Waals surface area contributed by atoms with E-state index in [4.69, 9.17) is 0 Å². The fraction of sp³-hybridized carbons (Fsp3) is 0.294. The molecule has 6 nitrogen and oxygen atoms in total. The fourth-order valence-corrected chi connectivity index (χ4v) is 3.18. The van der Waals surface area contributed by atoms with Crippen LogP contribution in [0.1, 0.15) is 5.69 Å². The summed E-state index contributed by atoms with van der Waals surface area (Å²) in [6, 6.07) is 4.86. The van der Waals surface area contributed by atoms with Gasteiger partial charge in [-0.3, -0.25) is 9.78 Å². The zero-order valence-electron chi connectivity index (χ0n) is 13.2. The molecule has 2 aromatic rings. The number of nitrogens with zero attached hydrogens (tertiary/aromatic N) is 4. The Labute approximate surface area is 142 Å². The average Bonchev–Trinajstić information content (AvgIpc) is 2.68. The molecule has 0 radical (unpaired) electrons. The van der Waals surface area contributed by atoms with E-state index in [9.17, 15) is 18.4 Å². The normalized spacial score (nSPS) is 16.8. The highest BCUT2D eigenvalue weighted by Gasteiger charge is 2.33. The van der Waals surface area contributed by atoms with E-state index in [2.05, 4.69) is 9.97 Å². The van der Waals surface area contributed by atoms with Crippen molar-refractivity contribution in [2.75, 3.05) is 29.4 Å². The van der Waals surface area contributed by atoms with Gasteiger partial charge in [-0.2, -0.15) is 4.39 Å². The van der Waals surface area contributed by atoms with Gasteiger partial charge >= 0.3 is 0 Å². The second-order valence-electron chi connectivity index (χ2n) is 6.01. The van der Waals surface area contributed by atoms with Crippen molar-refractivity contribution in [3.63, 3.8) is 0 Å². The Bertz CT molecular complexity index is 868. The summed E-state index contributed by atoms with van der Waals surface area (Å²) in [5.74, 6) is -0.870. The molecular formula is C17H14F2N4O2. The number of fused-ring (bicyclic) bond motifs is 3. The van der Waals surface area contributed by atoms with Crippen molar-refractivity contribution in [1.82, 2.24) is 9.97 Å². The molecule has 0 atom stereocenters. The minimum Gasteiger partial charge on any atom is -0.350 e. The van der Waals surface area contributed by atoms with Gasteiger partial charge in [0.25, 0.3) is 0 Å². The van der Waals surface area contributed by atoms with E-state index in [0.29, 0.717) is 17.5 Å². The number of amides is 1. The third kappa shape index (κ3) is 2.54. The monoisotopic (exact) mass is 344 g/mol. The fourth-order valence-electron chi connectivity index (χ4n) is 3.18. The van der Waals surface area contributed by atoms with Gasteiger partial charge in [-0.25, -0.2) is 9.37 Å². The Morgan fingerprint density at radius 2 is 2.16 bits per heavy atom. The molecule has 1 saturated heterocycles. The van der Waals surface area contributed by atoms with Crippen LogP contribution in [0.4, 0.5) is 20.3 Å². The third-order valence-corrected chi connectivity index (χ3v) is 4.43. The van der Waals surface area contributed by atoms with Crippen molar-refractivity contribution in [2.45, 2.75) is 12.6 Å². The maximum Gasteiger partial charge on any atom is 0.233 e. The SMILES string of the molecule is O=CCN1C(=O)Cc2ncccc2-c2c1cc(N1CC(F)C1)nc2F. The maximum absolute atomic E-state index is 14.9. The predicted molar refractivity (Wildman–Crippen MR) is 86.7 cm³/mol. The number of alkyl halides is 1.